The van der Waals surface area contributed by atoms with Crippen LogP contribution in [0.1, 0.15) is 11.1 Å². The maximum atomic E-state index is 9.45. The Morgan fingerprint density at radius 3 is 2.80 bits per heavy atom. The number of phenolic OH excluding ortho intramolecular Hbond substituents is 1. The maximum absolute atomic E-state index is 9.45. The van der Waals surface area contributed by atoms with Gasteiger partial charge in [0.05, 0.1) is 12.7 Å². The molecule has 0 aliphatic carbocycles. The quantitative estimate of drug-likeness (QED) is 0.772. The molecule has 0 unspecified atom stereocenters. The molecule has 0 bridgehead atoms. The largest absolute Gasteiger partial charge is 0.506 e. The Hall–Kier alpha value is -1.73. The highest BCUT2D eigenvalue weighted by Gasteiger charge is 2.08. The monoisotopic (exact) mass is 206 g/mol. The number of hydrogen-bond donors (Lipinski definition) is 2. The Kier molecular flexibility index (Phi) is 3.95. The molecule has 0 heterocycles. The number of nitrogens with zero attached hydrogens (tertiary/aromatic N) is 1. The summed E-state index contributed by atoms with van der Waals surface area (Å²) in [6.45, 7) is 0.798. The van der Waals surface area contributed by atoms with Crippen LogP contribution in [-0.2, 0) is 6.42 Å². The number of nitriles is 1. The lowest BCUT2D eigenvalue weighted by Gasteiger charge is -2.09. The van der Waals surface area contributed by atoms with Crippen LogP contribution in [0, 0.1) is 11.3 Å². The third-order valence-corrected chi connectivity index (χ3v) is 2.16. The van der Waals surface area contributed by atoms with Gasteiger partial charge >= 0.3 is 0 Å². The number of likely N-dealkylation sites (N-methyl/N-ethyl adjacent to an activating group) is 1. The molecule has 15 heavy (non-hydrogen) atoms. The first kappa shape index (κ1) is 11.3. The van der Waals surface area contributed by atoms with E-state index in [1.54, 1.807) is 13.2 Å². The standard InChI is InChI=1S/C11H14N2O2/c1-13-4-3-8-5-9(7-12)10(14)6-11(8)15-2/h5-6,13-14H,3-4H2,1-2H3. The van der Waals surface area contributed by atoms with Gasteiger partial charge in [-0.05, 0) is 31.6 Å². The summed E-state index contributed by atoms with van der Waals surface area (Å²) in [5.74, 6) is 0.573. The molecule has 4 heteroatoms. The van der Waals surface area contributed by atoms with E-state index in [2.05, 4.69) is 5.32 Å². The number of rotatable bonds is 4. The van der Waals surface area contributed by atoms with E-state index in [1.807, 2.05) is 13.1 Å². The molecule has 0 atom stereocenters. The minimum Gasteiger partial charge on any atom is -0.506 e. The second kappa shape index (κ2) is 5.23. The van der Waals surface area contributed by atoms with Crippen LogP contribution < -0.4 is 10.1 Å². The molecule has 1 rings (SSSR count). The molecule has 1 aromatic rings. The van der Waals surface area contributed by atoms with E-state index < -0.39 is 0 Å². The minimum absolute atomic E-state index is 0.0393. The number of ether oxygens (including phenoxy) is 1. The van der Waals surface area contributed by atoms with E-state index in [0.717, 1.165) is 18.5 Å². The zero-order valence-electron chi connectivity index (χ0n) is 8.87. The molecule has 0 saturated heterocycles. The molecule has 0 saturated carbocycles. The van der Waals surface area contributed by atoms with Gasteiger partial charge in [-0.3, -0.25) is 0 Å². The van der Waals surface area contributed by atoms with E-state index in [0.29, 0.717) is 5.75 Å². The predicted molar refractivity (Wildman–Crippen MR) is 57.0 cm³/mol. The van der Waals surface area contributed by atoms with Crippen molar-refractivity contribution >= 4 is 0 Å². The minimum atomic E-state index is -0.0393. The van der Waals surface area contributed by atoms with Crippen LogP contribution in [-0.4, -0.2) is 25.8 Å². The summed E-state index contributed by atoms with van der Waals surface area (Å²) in [7, 11) is 3.40. The van der Waals surface area contributed by atoms with Crippen molar-refractivity contribution in [1.82, 2.24) is 5.32 Å². The fourth-order valence-electron chi connectivity index (χ4n) is 1.35. The van der Waals surface area contributed by atoms with Gasteiger partial charge in [0.25, 0.3) is 0 Å². The predicted octanol–water partition coefficient (Wildman–Crippen LogP) is 1.03. The number of hydrogen-bond acceptors (Lipinski definition) is 4. The third-order valence-electron chi connectivity index (χ3n) is 2.16. The van der Waals surface area contributed by atoms with Crippen molar-refractivity contribution in [2.45, 2.75) is 6.42 Å². The zero-order chi connectivity index (χ0) is 11.3. The van der Waals surface area contributed by atoms with E-state index in [1.165, 1.54) is 6.07 Å². The number of phenols is 1. The van der Waals surface area contributed by atoms with E-state index in [-0.39, 0.29) is 11.3 Å². The second-order valence-corrected chi connectivity index (χ2v) is 3.15. The fraction of sp³-hybridized carbons (Fsp3) is 0.364. The molecule has 4 nitrogen and oxygen atoms in total. The van der Waals surface area contributed by atoms with Crippen LogP contribution in [0.3, 0.4) is 0 Å². The van der Waals surface area contributed by atoms with Crippen LogP contribution in [0.15, 0.2) is 12.1 Å². The Balaban J connectivity index is 3.06. The smallest absolute Gasteiger partial charge is 0.137 e. The topological polar surface area (TPSA) is 65.3 Å². The maximum Gasteiger partial charge on any atom is 0.137 e. The van der Waals surface area contributed by atoms with Gasteiger partial charge in [-0.2, -0.15) is 5.26 Å². The first-order chi connectivity index (χ1) is 7.22. The second-order valence-electron chi connectivity index (χ2n) is 3.15. The molecule has 0 aliphatic rings. The first-order valence-corrected chi connectivity index (χ1v) is 4.67. The summed E-state index contributed by atoms with van der Waals surface area (Å²) < 4.78 is 5.13. The number of nitrogens with one attached hydrogen (secondary N) is 1. The van der Waals surface area contributed by atoms with Crippen LogP contribution in [0.2, 0.25) is 0 Å². The lowest BCUT2D eigenvalue weighted by atomic mass is 10.1. The van der Waals surface area contributed by atoms with Gasteiger partial charge in [0.1, 0.15) is 17.6 Å². The lowest BCUT2D eigenvalue weighted by Crippen LogP contribution is -2.11. The van der Waals surface area contributed by atoms with Gasteiger partial charge in [-0.25, -0.2) is 0 Å². The van der Waals surface area contributed by atoms with Gasteiger partial charge in [0.2, 0.25) is 0 Å². The third kappa shape index (κ3) is 2.61. The first-order valence-electron chi connectivity index (χ1n) is 4.67. The highest BCUT2D eigenvalue weighted by atomic mass is 16.5. The van der Waals surface area contributed by atoms with Crippen molar-refractivity contribution in [3.8, 4) is 17.6 Å². The Morgan fingerprint density at radius 1 is 1.53 bits per heavy atom. The number of methoxy groups -OCH3 is 1. The Bertz CT molecular complexity index is 383. The zero-order valence-corrected chi connectivity index (χ0v) is 8.87. The number of aromatic hydroxyl groups is 1. The summed E-state index contributed by atoms with van der Waals surface area (Å²) in [5.41, 5.74) is 1.20. The van der Waals surface area contributed by atoms with Crippen molar-refractivity contribution in [2.24, 2.45) is 0 Å². The van der Waals surface area contributed by atoms with Crippen molar-refractivity contribution < 1.29 is 9.84 Å². The van der Waals surface area contributed by atoms with Crippen LogP contribution in [0.25, 0.3) is 0 Å². The molecule has 0 spiro atoms. The van der Waals surface area contributed by atoms with Gasteiger partial charge < -0.3 is 15.2 Å². The average molecular weight is 206 g/mol. The normalized spacial score (nSPS) is 9.67. The molecule has 0 aromatic heterocycles. The van der Waals surface area contributed by atoms with Crippen LogP contribution in [0.4, 0.5) is 0 Å². The van der Waals surface area contributed by atoms with Crippen molar-refractivity contribution in [3.05, 3.63) is 23.3 Å². The van der Waals surface area contributed by atoms with Gasteiger partial charge in [-0.15, -0.1) is 0 Å². The highest BCUT2D eigenvalue weighted by molar-refractivity contribution is 5.51. The summed E-state index contributed by atoms with van der Waals surface area (Å²) in [6.07, 6.45) is 0.759. The highest BCUT2D eigenvalue weighted by Crippen LogP contribution is 2.27. The van der Waals surface area contributed by atoms with Crippen LogP contribution in [0.5, 0.6) is 11.5 Å². The molecule has 2 N–H and O–H groups in total. The number of benzene rings is 1. The molecular formula is C11H14N2O2. The van der Waals surface area contributed by atoms with Crippen LogP contribution >= 0.6 is 0 Å². The van der Waals surface area contributed by atoms with Gasteiger partial charge in [0.15, 0.2) is 0 Å². The summed E-state index contributed by atoms with van der Waals surface area (Å²) >= 11 is 0. The lowest BCUT2D eigenvalue weighted by molar-refractivity contribution is 0.402. The Morgan fingerprint density at radius 2 is 2.27 bits per heavy atom. The van der Waals surface area contributed by atoms with Gasteiger partial charge in [0, 0.05) is 6.07 Å². The summed E-state index contributed by atoms with van der Waals surface area (Å²) in [5, 5.41) is 21.2. The molecule has 0 fully saturated rings. The average Bonchev–Trinajstić information content (AvgIpc) is 2.26. The van der Waals surface area contributed by atoms with Crippen molar-refractivity contribution in [2.75, 3.05) is 20.7 Å². The molecule has 1 aromatic carbocycles. The summed E-state index contributed by atoms with van der Waals surface area (Å²) in [4.78, 5) is 0. The fourth-order valence-corrected chi connectivity index (χ4v) is 1.35. The molecule has 0 radical (unpaired) electrons. The van der Waals surface area contributed by atoms with Gasteiger partial charge in [-0.1, -0.05) is 0 Å². The summed E-state index contributed by atoms with van der Waals surface area (Å²) in [6, 6.07) is 5.07. The van der Waals surface area contributed by atoms with Crippen molar-refractivity contribution in [3.63, 3.8) is 0 Å². The van der Waals surface area contributed by atoms with E-state index >= 15 is 0 Å². The van der Waals surface area contributed by atoms with Crippen molar-refractivity contribution in [1.29, 1.82) is 5.26 Å². The molecule has 0 aliphatic heterocycles. The van der Waals surface area contributed by atoms with E-state index in [9.17, 15) is 5.11 Å². The SMILES string of the molecule is CNCCc1cc(C#N)c(O)cc1OC. The molecule has 0 amide bonds. The molecular weight excluding hydrogens is 192 g/mol. The van der Waals surface area contributed by atoms with E-state index in [4.69, 9.17) is 10.00 Å². The Labute approximate surface area is 89.1 Å². The molecule has 80 valence electrons.